The van der Waals surface area contributed by atoms with Crippen molar-refractivity contribution in [2.45, 2.75) is 64.7 Å². The number of hydrogen-bond acceptors (Lipinski definition) is 8. The molecule has 0 fully saturated rings. The number of rotatable bonds is 15. The van der Waals surface area contributed by atoms with E-state index in [-0.39, 0.29) is 23.3 Å². The molecule has 1 unspecified atom stereocenters. The highest BCUT2D eigenvalue weighted by Gasteiger charge is 2.29. The molecule has 0 spiro atoms. The predicted molar refractivity (Wildman–Crippen MR) is 119 cm³/mol. The van der Waals surface area contributed by atoms with E-state index in [2.05, 4.69) is 10.6 Å². The fourth-order valence-corrected chi connectivity index (χ4v) is 4.62. The Balaban J connectivity index is 4.91. The van der Waals surface area contributed by atoms with Crippen LogP contribution in [0.1, 0.15) is 40.5 Å². The van der Waals surface area contributed by atoms with Crippen LogP contribution < -0.4 is 22.1 Å². The number of carbonyl (C=O) groups is 4. The predicted octanol–water partition coefficient (Wildman–Crippen LogP) is 0.253. The molecule has 0 aliphatic rings. The van der Waals surface area contributed by atoms with Crippen molar-refractivity contribution in [3.8, 4) is 0 Å². The smallest absolute Gasteiger partial charge is 0.327 e. The van der Waals surface area contributed by atoms with Crippen LogP contribution in [-0.2, 0) is 19.2 Å². The maximum Gasteiger partial charge on any atom is 0.327 e. The molecule has 0 saturated heterocycles. The number of hydrogen-bond donors (Lipinski definition) is 6. The summed E-state index contributed by atoms with van der Waals surface area (Å²) in [6, 6.07) is -3.92. The molecule has 0 aliphatic heterocycles. The van der Waals surface area contributed by atoms with E-state index in [1.807, 2.05) is 27.7 Å². The standard InChI is InChI=1S/C18H34N4O6S2/c1-9(2)5-11(19)15(23)21-13(6-10(3)4)16(24)22-14(18(27)28)8-30-29-7-12(20)17(25)26/h9-14H,5-8,19-20H2,1-4H3,(H,21,23)(H,22,24)(H,25,26)(H,27,28)/t11-,12?,13-,14-/m0/s1. The van der Waals surface area contributed by atoms with Crippen LogP contribution in [0, 0.1) is 11.8 Å². The molecule has 2 amide bonds. The van der Waals surface area contributed by atoms with Gasteiger partial charge in [-0.05, 0) is 24.7 Å². The molecule has 0 rings (SSSR count). The summed E-state index contributed by atoms with van der Waals surface area (Å²) in [5, 5.41) is 23.2. The van der Waals surface area contributed by atoms with Crippen molar-refractivity contribution < 1.29 is 29.4 Å². The number of aliphatic carboxylic acids is 2. The molecule has 0 aromatic carbocycles. The molecule has 0 saturated carbocycles. The highest BCUT2D eigenvalue weighted by atomic mass is 33.1. The summed E-state index contributed by atoms with van der Waals surface area (Å²) in [7, 11) is 2.21. The van der Waals surface area contributed by atoms with Crippen molar-refractivity contribution in [2.75, 3.05) is 11.5 Å². The maximum absolute atomic E-state index is 12.7. The van der Waals surface area contributed by atoms with Crippen molar-refractivity contribution in [2.24, 2.45) is 23.3 Å². The molecule has 0 aliphatic carbocycles. The van der Waals surface area contributed by atoms with Gasteiger partial charge in [-0.25, -0.2) is 4.79 Å². The Bertz CT molecular complexity index is 591. The van der Waals surface area contributed by atoms with Crippen molar-refractivity contribution in [1.29, 1.82) is 0 Å². The topological polar surface area (TPSA) is 185 Å². The highest BCUT2D eigenvalue weighted by molar-refractivity contribution is 8.76. The third-order valence-electron chi connectivity index (χ3n) is 3.90. The summed E-state index contributed by atoms with van der Waals surface area (Å²) >= 11 is 0. The fourth-order valence-electron chi connectivity index (χ4n) is 2.35. The minimum Gasteiger partial charge on any atom is -0.480 e. The first-order chi connectivity index (χ1) is 13.8. The van der Waals surface area contributed by atoms with Crippen molar-refractivity contribution in [3.05, 3.63) is 0 Å². The van der Waals surface area contributed by atoms with Crippen molar-refractivity contribution >= 4 is 45.3 Å². The number of nitrogens with one attached hydrogen (secondary N) is 2. The van der Waals surface area contributed by atoms with Crippen molar-refractivity contribution in [1.82, 2.24) is 10.6 Å². The first-order valence-electron chi connectivity index (χ1n) is 9.67. The van der Waals surface area contributed by atoms with E-state index in [4.69, 9.17) is 16.6 Å². The maximum atomic E-state index is 12.7. The zero-order chi connectivity index (χ0) is 23.4. The molecule has 4 atom stereocenters. The SMILES string of the molecule is CC(C)C[C@H](NC(=O)[C@@H](N)CC(C)C)C(=O)N[C@@H](CSSCC(N)C(=O)O)C(=O)O. The van der Waals surface area contributed by atoms with Gasteiger partial charge in [0.25, 0.3) is 0 Å². The summed E-state index contributed by atoms with van der Waals surface area (Å²) in [5.41, 5.74) is 11.3. The van der Waals surface area contributed by atoms with Gasteiger partial charge in [0.2, 0.25) is 11.8 Å². The Morgan fingerprint density at radius 2 is 1.23 bits per heavy atom. The quantitative estimate of drug-likeness (QED) is 0.144. The molecule has 10 nitrogen and oxygen atoms in total. The van der Waals surface area contributed by atoms with E-state index in [0.29, 0.717) is 12.8 Å². The van der Waals surface area contributed by atoms with Gasteiger partial charge in [0.15, 0.2) is 0 Å². The zero-order valence-electron chi connectivity index (χ0n) is 17.8. The summed E-state index contributed by atoms with van der Waals surface area (Å²) < 4.78 is 0. The van der Waals surface area contributed by atoms with Crippen LogP contribution in [0.5, 0.6) is 0 Å². The van der Waals surface area contributed by atoms with E-state index in [0.717, 1.165) is 21.6 Å². The number of amides is 2. The minimum absolute atomic E-state index is 0.00723. The van der Waals surface area contributed by atoms with E-state index in [1.165, 1.54) is 0 Å². The average molecular weight is 467 g/mol. The Labute approximate surface area is 185 Å². The average Bonchev–Trinajstić information content (AvgIpc) is 2.61. The lowest BCUT2D eigenvalue weighted by molar-refractivity contribution is -0.141. The first kappa shape index (κ1) is 28.5. The first-order valence-corrected chi connectivity index (χ1v) is 12.2. The molecular weight excluding hydrogens is 432 g/mol. The largest absolute Gasteiger partial charge is 0.480 e. The Morgan fingerprint density at radius 1 is 0.733 bits per heavy atom. The van der Waals surface area contributed by atoms with Crippen LogP contribution in [0.4, 0.5) is 0 Å². The van der Waals surface area contributed by atoms with Gasteiger partial charge in [0.1, 0.15) is 18.1 Å². The lowest BCUT2D eigenvalue weighted by Gasteiger charge is -2.24. The second-order valence-corrected chi connectivity index (χ2v) is 10.4. The molecule has 12 heteroatoms. The number of carboxylic acids is 2. The fraction of sp³-hybridized carbons (Fsp3) is 0.778. The number of carboxylic acid groups (broad SMARTS) is 2. The van der Waals surface area contributed by atoms with Gasteiger partial charge in [-0.3, -0.25) is 14.4 Å². The normalized spacial score (nSPS) is 15.3. The molecule has 0 radical (unpaired) electrons. The molecule has 8 N–H and O–H groups in total. The van der Waals surface area contributed by atoms with Crippen LogP contribution >= 0.6 is 21.6 Å². The molecular formula is C18H34N4O6S2. The Hall–Kier alpha value is -1.50. The van der Waals surface area contributed by atoms with Gasteiger partial charge < -0.3 is 32.3 Å². The van der Waals surface area contributed by atoms with Crippen LogP contribution in [0.3, 0.4) is 0 Å². The van der Waals surface area contributed by atoms with E-state index in [1.54, 1.807) is 0 Å². The molecule has 0 aromatic rings. The summed E-state index contributed by atoms with van der Waals surface area (Å²) in [5.74, 6) is -3.04. The van der Waals surface area contributed by atoms with Gasteiger partial charge >= 0.3 is 11.9 Å². The zero-order valence-corrected chi connectivity index (χ0v) is 19.4. The monoisotopic (exact) mass is 466 g/mol. The molecule has 0 aromatic heterocycles. The van der Waals surface area contributed by atoms with Crippen LogP contribution in [0.15, 0.2) is 0 Å². The van der Waals surface area contributed by atoms with Gasteiger partial charge in [0, 0.05) is 11.5 Å². The number of carbonyl (C=O) groups excluding carboxylic acids is 2. The summed E-state index contributed by atoms with van der Waals surface area (Å²) in [4.78, 5) is 47.2. The van der Waals surface area contributed by atoms with Gasteiger partial charge in [-0.15, -0.1) is 0 Å². The third-order valence-corrected chi connectivity index (χ3v) is 6.35. The molecule has 0 heterocycles. The number of nitrogens with two attached hydrogens (primary N) is 2. The lowest BCUT2D eigenvalue weighted by Crippen LogP contribution is -2.55. The molecule has 0 bridgehead atoms. The lowest BCUT2D eigenvalue weighted by atomic mass is 10.0. The van der Waals surface area contributed by atoms with Crippen LogP contribution in [-0.4, -0.2) is 69.6 Å². The van der Waals surface area contributed by atoms with Crippen LogP contribution in [0.2, 0.25) is 0 Å². The molecule has 174 valence electrons. The van der Waals surface area contributed by atoms with E-state index < -0.39 is 47.9 Å². The van der Waals surface area contributed by atoms with Crippen LogP contribution in [0.25, 0.3) is 0 Å². The Kier molecular flexibility index (Phi) is 13.8. The van der Waals surface area contributed by atoms with Gasteiger partial charge in [0.05, 0.1) is 6.04 Å². The van der Waals surface area contributed by atoms with Gasteiger partial charge in [-0.2, -0.15) is 0 Å². The van der Waals surface area contributed by atoms with E-state index >= 15 is 0 Å². The van der Waals surface area contributed by atoms with Crippen molar-refractivity contribution in [3.63, 3.8) is 0 Å². The second kappa shape index (κ2) is 14.5. The molecule has 30 heavy (non-hydrogen) atoms. The minimum atomic E-state index is -1.23. The van der Waals surface area contributed by atoms with Gasteiger partial charge in [-0.1, -0.05) is 49.3 Å². The van der Waals surface area contributed by atoms with E-state index in [9.17, 15) is 24.3 Å². The summed E-state index contributed by atoms with van der Waals surface area (Å²) in [6.45, 7) is 7.63. The summed E-state index contributed by atoms with van der Waals surface area (Å²) in [6.07, 6.45) is 0.791. The third kappa shape index (κ3) is 12.3. The second-order valence-electron chi connectivity index (χ2n) is 7.84. The highest BCUT2D eigenvalue weighted by Crippen LogP contribution is 2.22. The Morgan fingerprint density at radius 3 is 1.70 bits per heavy atom.